The molecular formula is C19H17F3N4O3S2. The van der Waals surface area contributed by atoms with Gasteiger partial charge in [0.05, 0.1) is 20.7 Å². The highest BCUT2D eigenvalue weighted by atomic mass is 32.2. The van der Waals surface area contributed by atoms with Crippen LogP contribution in [-0.4, -0.2) is 61.7 Å². The molecule has 1 amide bonds. The molecule has 164 valence electrons. The summed E-state index contributed by atoms with van der Waals surface area (Å²) < 4.78 is 68.0. The summed E-state index contributed by atoms with van der Waals surface area (Å²) in [7, 11) is -1.75. The Bertz CT molecular complexity index is 1270. The third-order valence-corrected chi connectivity index (χ3v) is 7.79. The van der Waals surface area contributed by atoms with E-state index in [0.29, 0.717) is 42.5 Å². The molecule has 0 spiro atoms. The van der Waals surface area contributed by atoms with Gasteiger partial charge in [0.2, 0.25) is 10.0 Å². The van der Waals surface area contributed by atoms with Crippen LogP contribution in [0, 0.1) is 17.5 Å². The molecule has 0 atom stereocenters. The summed E-state index contributed by atoms with van der Waals surface area (Å²) in [4.78, 5) is 18.6. The second kappa shape index (κ2) is 8.19. The van der Waals surface area contributed by atoms with E-state index in [0.717, 1.165) is 17.4 Å². The number of sulfonamides is 1. The van der Waals surface area contributed by atoms with Crippen LogP contribution in [0.4, 0.5) is 18.3 Å². The van der Waals surface area contributed by atoms with Crippen molar-refractivity contribution in [3.8, 4) is 0 Å². The molecule has 0 bridgehead atoms. The molecule has 4 rings (SSSR count). The van der Waals surface area contributed by atoms with Gasteiger partial charge in [-0.15, -0.1) is 0 Å². The predicted octanol–water partition coefficient (Wildman–Crippen LogP) is 2.90. The van der Waals surface area contributed by atoms with E-state index in [1.54, 1.807) is 0 Å². The maximum Gasteiger partial charge on any atom is 0.260 e. The smallest absolute Gasteiger partial charge is 0.260 e. The van der Waals surface area contributed by atoms with Crippen LogP contribution in [0.25, 0.3) is 10.2 Å². The Balaban J connectivity index is 1.58. The van der Waals surface area contributed by atoms with Crippen LogP contribution in [0.15, 0.2) is 35.2 Å². The minimum Gasteiger partial charge on any atom is -0.304 e. The van der Waals surface area contributed by atoms with Gasteiger partial charge in [-0.1, -0.05) is 11.3 Å². The van der Waals surface area contributed by atoms with Crippen molar-refractivity contribution in [3.05, 3.63) is 53.3 Å². The van der Waals surface area contributed by atoms with Gasteiger partial charge in [0, 0.05) is 26.2 Å². The van der Waals surface area contributed by atoms with Gasteiger partial charge in [-0.25, -0.2) is 26.6 Å². The zero-order chi connectivity index (χ0) is 22.3. The van der Waals surface area contributed by atoms with Crippen LogP contribution in [0.1, 0.15) is 10.4 Å². The molecule has 0 saturated carbocycles. The van der Waals surface area contributed by atoms with Gasteiger partial charge < -0.3 is 4.90 Å². The Morgan fingerprint density at radius 2 is 1.77 bits per heavy atom. The average Bonchev–Trinajstić information content (AvgIpc) is 3.13. The van der Waals surface area contributed by atoms with Crippen molar-refractivity contribution in [1.29, 1.82) is 0 Å². The van der Waals surface area contributed by atoms with Gasteiger partial charge in [0.25, 0.3) is 5.91 Å². The number of rotatable bonds is 4. The Morgan fingerprint density at radius 1 is 1.06 bits per heavy atom. The molecule has 1 saturated heterocycles. The summed E-state index contributed by atoms with van der Waals surface area (Å²) in [5.41, 5.74) is -0.236. The molecule has 1 aliphatic rings. The van der Waals surface area contributed by atoms with E-state index >= 15 is 0 Å². The highest BCUT2D eigenvalue weighted by Crippen LogP contribution is 2.30. The number of fused-ring (bicyclic) bond motifs is 1. The largest absolute Gasteiger partial charge is 0.304 e. The molecule has 1 aliphatic heterocycles. The first-order valence-electron chi connectivity index (χ1n) is 9.21. The zero-order valence-corrected chi connectivity index (χ0v) is 17.9. The van der Waals surface area contributed by atoms with E-state index < -0.39 is 38.9 Å². The SMILES string of the molecule is CN1CCN(S(=O)(=O)c2ccc3nc(NC(=O)c4ccc(F)c(F)c4F)sc3c2)CC1. The standard InChI is InChI=1S/C19H17F3N4O3S2/c1-25-6-8-26(9-7-25)31(28,29)11-2-5-14-15(10-11)30-19(23-14)24-18(27)12-3-4-13(20)17(22)16(12)21/h2-5,10H,6-9H2,1H3,(H,23,24,27). The first kappa shape index (κ1) is 21.7. The number of carbonyl (C=O) groups excluding carboxylic acids is 1. The lowest BCUT2D eigenvalue weighted by Crippen LogP contribution is -2.46. The summed E-state index contributed by atoms with van der Waals surface area (Å²) in [5, 5.41) is 2.40. The summed E-state index contributed by atoms with van der Waals surface area (Å²) in [6.07, 6.45) is 0. The number of halogens is 3. The third-order valence-electron chi connectivity index (χ3n) is 4.96. The monoisotopic (exact) mass is 470 g/mol. The Kier molecular flexibility index (Phi) is 5.73. The number of hydrogen-bond acceptors (Lipinski definition) is 6. The van der Waals surface area contributed by atoms with Crippen molar-refractivity contribution in [2.45, 2.75) is 4.90 Å². The van der Waals surface area contributed by atoms with E-state index in [2.05, 4.69) is 10.3 Å². The first-order chi connectivity index (χ1) is 14.7. The molecule has 1 N–H and O–H groups in total. The second-order valence-electron chi connectivity index (χ2n) is 7.03. The lowest BCUT2D eigenvalue weighted by molar-refractivity contribution is 0.102. The van der Waals surface area contributed by atoms with E-state index in [4.69, 9.17) is 0 Å². The van der Waals surface area contributed by atoms with Crippen molar-refractivity contribution in [2.24, 2.45) is 0 Å². The Morgan fingerprint density at radius 3 is 2.48 bits per heavy atom. The molecule has 2 heterocycles. The Labute approximate surface area is 180 Å². The van der Waals surface area contributed by atoms with Crippen LogP contribution in [0.3, 0.4) is 0 Å². The number of thiazole rings is 1. The summed E-state index contributed by atoms with van der Waals surface area (Å²) in [6.45, 7) is 2.05. The molecule has 2 aromatic carbocycles. The molecule has 0 radical (unpaired) electrons. The molecule has 7 nitrogen and oxygen atoms in total. The van der Waals surface area contributed by atoms with E-state index in [9.17, 15) is 26.4 Å². The quantitative estimate of drug-likeness (QED) is 0.593. The number of anilines is 1. The van der Waals surface area contributed by atoms with Gasteiger partial charge in [-0.05, 0) is 37.4 Å². The number of amides is 1. The minimum absolute atomic E-state index is 0.0679. The number of nitrogens with zero attached hydrogens (tertiary/aromatic N) is 3. The molecule has 12 heteroatoms. The number of benzene rings is 2. The molecule has 3 aromatic rings. The van der Waals surface area contributed by atoms with Gasteiger partial charge in [-0.3, -0.25) is 10.1 Å². The number of likely N-dealkylation sites (N-methyl/N-ethyl adjacent to an activating group) is 1. The van der Waals surface area contributed by atoms with E-state index in [1.165, 1.54) is 22.5 Å². The number of nitrogens with one attached hydrogen (secondary N) is 1. The van der Waals surface area contributed by atoms with Gasteiger partial charge in [0.1, 0.15) is 0 Å². The van der Waals surface area contributed by atoms with Crippen molar-refractivity contribution < 1.29 is 26.4 Å². The molecule has 31 heavy (non-hydrogen) atoms. The van der Waals surface area contributed by atoms with Crippen molar-refractivity contribution >= 4 is 42.6 Å². The third kappa shape index (κ3) is 4.15. The Hall–Kier alpha value is -2.54. The topological polar surface area (TPSA) is 82.6 Å². The molecule has 1 aromatic heterocycles. The molecular weight excluding hydrogens is 453 g/mol. The van der Waals surface area contributed by atoms with Crippen LogP contribution in [0.2, 0.25) is 0 Å². The second-order valence-corrected chi connectivity index (χ2v) is 10.0. The number of carbonyl (C=O) groups is 1. The highest BCUT2D eigenvalue weighted by molar-refractivity contribution is 7.89. The maximum atomic E-state index is 13.8. The minimum atomic E-state index is -3.68. The number of piperazine rings is 1. The molecule has 1 fully saturated rings. The van der Waals surface area contributed by atoms with Crippen LogP contribution < -0.4 is 5.32 Å². The number of hydrogen-bond donors (Lipinski definition) is 1. The summed E-state index contributed by atoms with van der Waals surface area (Å²) in [5.74, 6) is -5.74. The van der Waals surface area contributed by atoms with Crippen LogP contribution >= 0.6 is 11.3 Å². The first-order valence-corrected chi connectivity index (χ1v) is 11.5. The molecule has 0 unspecified atom stereocenters. The van der Waals surface area contributed by atoms with Crippen LogP contribution in [0.5, 0.6) is 0 Å². The van der Waals surface area contributed by atoms with Crippen molar-refractivity contribution in [2.75, 3.05) is 38.5 Å². The summed E-state index contributed by atoms with van der Waals surface area (Å²) >= 11 is 0.986. The fraction of sp³-hybridized carbons (Fsp3) is 0.263. The summed E-state index contributed by atoms with van der Waals surface area (Å²) in [6, 6.07) is 5.91. The van der Waals surface area contributed by atoms with Gasteiger partial charge in [0.15, 0.2) is 22.6 Å². The van der Waals surface area contributed by atoms with Crippen LogP contribution in [-0.2, 0) is 10.0 Å². The fourth-order valence-electron chi connectivity index (χ4n) is 3.16. The average molecular weight is 470 g/mol. The van der Waals surface area contributed by atoms with Crippen molar-refractivity contribution in [3.63, 3.8) is 0 Å². The molecule has 0 aliphatic carbocycles. The van der Waals surface area contributed by atoms with Gasteiger partial charge >= 0.3 is 0 Å². The van der Waals surface area contributed by atoms with E-state index in [1.807, 2.05) is 11.9 Å². The fourth-order valence-corrected chi connectivity index (χ4v) is 5.59. The normalized spacial score (nSPS) is 16.0. The van der Waals surface area contributed by atoms with E-state index in [-0.39, 0.29) is 10.0 Å². The lowest BCUT2D eigenvalue weighted by atomic mass is 10.2. The highest BCUT2D eigenvalue weighted by Gasteiger charge is 2.28. The zero-order valence-electron chi connectivity index (χ0n) is 16.2. The lowest BCUT2D eigenvalue weighted by Gasteiger charge is -2.31. The number of aromatic nitrogens is 1. The maximum absolute atomic E-state index is 13.8. The predicted molar refractivity (Wildman–Crippen MR) is 110 cm³/mol. The van der Waals surface area contributed by atoms with Gasteiger partial charge in [-0.2, -0.15) is 4.31 Å². The van der Waals surface area contributed by atoms with Crippen molar-refractivity contribution in [1.82, 2.24) is 14.2 Å².